The Hall–Kier alpha value is -1.70. The van der Waals surface area contributed by atoms with Gasteiger partial charge in [0.05, 0.1) is 5.54 Å². The van der Waals surface area contributed by atoms with Crippen LogP contribution in [-0.2, 0) is 15.1 Å². The molecule has 2 heterocycles. The highest BCUT2D eigenvalue weighted by atomic mass is 32.1. The molecular formula is C16H25N5O2S. The molecule has 1 aliphatic carbocycles. The van der Waals surface area contributed by atoms with Gasteiger partial charge in [-0.15, -0.1) is 10.2 Å². The summed E-state index contributed by atoms with van der Waals surface area (Å²) in [6.45, 7) is 1.27. The Kier molecular flexibility index (Phi) is 5.33. The van der Waals surface area contributed by atoms with E-state index in [1.807, 2.05) is 0 Å². The number of likely N-dealkylation sites (tertiary alicyclic amines) is 1. The molecule has 7 nitrogen and oxygen atoms in total. The van der Waals surface area contributed by atoms with Crippen LogP contribution >= 0.6 is 11.3 Å². The van der Waals surface area contributed by atoms with Crippen LogP contribution in [0.4, 0.5) is 5.13 Å². The number of amides is 2. The topological polar surface area (TPSA) is 101 Å². The summed E-state index contributed by atoms with van der Waals surface area (Å²) in [6.07, 6.45) is 7.97. The van der Waals surface area contributed by atoms with Crippen molar-refractivity contribution in [3.63, 3.8) is 0 Å². The molecule has 2 amide bonds. The van der Waals surface area contributed by atoms with Gasteiger partial charge in [0.2, 0.25) is 16.9 Å². The van der Waals surface area contributed by atoms with Gasteiger partial charge >= 0.3 is 0 Å². The molecule has 0 bridgehead atoms. The largest absolute Gasteiger partial charge is 0.374 e. The molecule has 8 heteroatoms. The molecule has 3 rings (SSSR count). The molecule has 2 aliphatic rings. The average molecular weight is 351 g/mol. The van der Waals surface area contributed by atoms with E-state index in [0.29, 0.717) is 24.5 Å². The van der Waals surface area contributed by atoms with Crippen molar-refractivity contribution in [2.24, 2.45) is 0 Å². The van der Waals surface area contributed by atoms with Crippen molar-refractivity contribution in [2.45, 2.75) is 63.3 Å². The van der Waals surface area contributed by atoms with Gasteiger partial charge < -0.3 is 16.0 Å². The molecule has 132 valence electrons. The Labute approximate surface area is 146 Å². The molecule has 24 heavy (non-hydrogen) atoms. The van der Waals surface area contributed by atoms with Crippen LogP contribution in [-0.4, -0.2) is 40.0 Å². The Balaban J connectivity index is 1.62. The third-order valence-corrected chi connectivity index (χ3v) is 5.92. The normalized spacial score (nSPS) is 20.8. The highest BCUT2D eigenvalue weighted by Crippen LogP contribution is 2.39. The predicted molar refractivity (Wildman–Crippen MR) is 92.3 cm³/mol. The zero-order valence-electron chi connectivity index (χ0n) is 13.9. The molecule has 0 spiro atoms. The van der Waals surface area contributed by atoms with Crippen LogP contribution in [0.5, 0.6) is 0 Å². The summed E-state index contributed by atoms with van der Waals surface area (Å²) in [5.74, 6) is 0.141. The minimum Gasteiger partial charge on any atom is -0.374 e. The lowest BCUT2D eigenvalue weighted by molar-refractivity contribution is -0.134. The van der Waals surface area contributed by atoms with Crippen molar-refractivity contribution in [1.29, 1.82) is 0 Å². The van der Waals surface area contributed by atoms with Gasteiger partial charge in [-0.05, 0) is 25.7 Å². The third-order valence-electron chi connectivity index (χ3n) is 4.97. The predicted octanol–water partition coefficient (Wildman–Crippen LogP) is 1.80. The van der Waals surface area contributed by atoms with Crippen LogP contribution in [0.15, 0.2) is 0 Å². The van der Waals surface area contributed by atoms with E-state index >= 15 is 0 Å². The number of piperidine rings is 1. The minimum atomic E-state index is -0.434. The van der Waals surface area contributed by atoms with Gasteiger partial charge in [-0.25, -0.2) is 0 Å². The SMILES string of the molecule is Nc1nnc(C2(NC(=O)CCN3CCCCC3=O)CCCCC2)s1. The smallest absolute Gasteiger partial charge is 0.222 e. The van der Waals surface area contributed by atoms with Gasteiger partial charge in [0.1, 0.15) is 5.01 Å². The number of anilines is 1. The first kappa shape index (κ1) is 17.1. The molecule has 1 aromatic heterocycles. The van der Waals surface area contributed by atoms with E-state index in [1.165, 1.54) is 17.8 Å². The summed E-state index contributed by atoms with van der Waals surface area (Å²) >= 11 is 1.36. The highest BCUT2D eigenvalue weighted by molar-refractivity contribution is 7.15. The molecule has 3 N–H and O–H groups in total. The molecule has 1 saturated carbocycles. The van der Waals surface area contributed by atoms with Crippen molar-refractivity contribution < 1.29 is 9.59 Å². The van der Waals surface area contributed by atoms with Gasteiger partial charge in [-0.3, -0.25) is 9.59 Å². The summed E-state index contributed by atoms with van der Waals surface area (Å²) in [5, 5.41) is 12.5. The van der Waals surface area contributed by atoms with Gasteiger partial charge in [0, 0.05) is 25.9 Å². The number of nitrogens with one attached hydrogen (secondary N) is 1. The third kappa shape index (κ3) is 3.85. The molecule has 0 aromatic carbocycles. The number of rotatable bonds is 5. The van der Waals surface area contributed by atoms with Crippen molar-refractivity contribution in [3.05, 3.63) is 5.01 Å². The van der Waals surface area contributed by atoms with Crippen molar-refractivity contribution >= 4 is 28.3 Å². The molecule has 0 atom stereocenters. The first-order valence-corrected chi connectivity index (χ1v) is 9.59. The summed E-state index contributed by atoms with van der Waals surface area (Å²) in [7, 11) is 0. The van der Waals surface area contributed by atoms with E-state index in [4.69, 9.17) is 5.73 Å². The molecule has 1 aliphatic heterocycles. The summed E-state index contributed by atoms with van der Waals surface area (Å²) < 4.78 is 0. The van der Waals surface area contributed by atoms with E-state index in [1.54, 1.807) is 4.90 Å². The average Bonchev–Trinajstić information content (AvgIpc) is 3.02. The Morgan fingerprint density at radius 3 is 2.67 bits per heavy atom. The minimum absolute atomic E-state index is 0.0240. The zero-order chi connectivity index (χ0) is 17.0. The van der Waals surface area contributed by atoms with Crippen LogP contribution in [0.1, 0.15) is 62.8 Å². The molecule has 1 saturated heterocycles. The Morgan fingerprint density at radius 2 is 2.00 bits per heavy atom. The molecule has 0 radical (unpaired) electrons. The number of nitrogen functional groups attached to an aromatic ring is 1. The van der Waals surface area contributed by atoms with Gasteiger partial charge in [0.25, 0.3) is 0 Å². The number of hydrogen-bond acceptors (Lipinski definition) is 6. The number of nitrogens with zero attached hydrogens (tertiary/aromatic N) is 3. The van der Waals surface area contributed by atoms with Gasteiger partial charge in [-0.1, -0.05) is 30.6 Å². The maximum Gasteiger partial charge on any atom is 0.222 e. The molecule has 0 unspecified atom stereocenters. The standard InChI is InChI=1S/C16H25N5O2S/c17-15-20-19-14(24-15)16(8-3-1-4-9-16)18-12(22)7-11-21-10-5-2-6-13(21)23/h1-11H2,(H2,17,20)(H,18,22). The van der Waals surface area contributed by atoms with E-state index in [-0.39, 0.29) is 11.8 Å². The zero-order valence-corrected chi connectivity index (χ0v) is 14.7. The van der Waals surface area contributed by atoms with Crippen molar-refractivity contribution in [2.75, 3.05) is 18.8 Å². The van der Waals surface area contributed by atoms with Crippen LogP contribution in [0.3, 0.4) is 0 Å². The van der Waals surface area contributed by atoms with Crippen LogP contribution in [0, 0.1) is 0 Å². The Bertz CT molecular complexity index is 597. The van der Waals surface area contributed by atoms with Crippen LogP contribution < -0.4 is 11.1 Å². The fraction of sp³-hybridized carbons (Fsp3) is 0.750. The second kappa shape index (κ2) is 7.46. The fourth-order valence-electron chi connectivity index (χ4n) is 3.64. The maximum absolute atomic E-state index is 12.5. The lowest BCUT2D eigenvalue weighted by Crippen LogP contribution is -2.48. The lowest BCUT2D eigenvalue weighted by Gasteiger charge is -2.36. The first-order valence-electron chi connectivity index (χ1n) is 8.77. The number of aromatic nitrogens is 2. The molecular weight excluding hydrogens is 326 g/mol. The second-order valence-electron chi connectivity index (χ2n) is 6.72. The molecule has 2 fully saturated rings. The van der Waals surface area contributed by atoms with Crippen molar-refractivity contribution in [3.8, 4) is 0 Å². The van der Waals surface area contributed by atoms with Crippen LogP contribution in [0.25, 0.3) is 0 Å². The number of nitrogens with two attached hydrogens (primary N) is 1. The summed E-state index contributed by atoms with van der Waals surface area (Å²) in [4.78, 5) is 26.2. The van der Waals surface area contributed by atoms with Crippen molar-refractivity contribution in [1.82, 2.24) is 20.4 Å². The van der Waals surface area contributed by atoms with E-state index in [0.717, 1.165) is 50.1 Å². The summed E-state index contributed by atoms with van der Waals surface area (Å²) in [6, 6.07) is 0. The monoisotopic (exact) mass is 351 g/mol. The number of carbonyl (C=O) groups excluding carboxylic acids is 2. The van der Waals surface area contributed by atoms with E-state index in [9.17, 15) is 9.59 Å². The van der Waals surface area contributed by atoms with E-state index in [2.05, 4.69) is 15.5 Å². The first-order chi connectivity index (χ1) is 11.6. The Morgan fingerprint density at radius 1 is 1.21 bits per heavy atom. The van der Waals surface area contributed by atoms with Gasteiger partial charge in [-0.2, -0.15) is 0 Å². The highest BCUT2D eigenvalue weighted by Gasteiger charge is 2.38. The quantitative estimate of drug-likeness (QED) is 0.842. The number of carbonyl (C=O) groups is 2. The second-order valence-corrected chi connectivity index (χ2v) is 7.73. The van der Waals surface area contributed by atoms with Crippen LogP contribution in [0.2, 0.25) is 0 Å². The van der Waals surface area contributed by atoms with Gasteiger partial charge in [0.15, 0.2) is 0 Å². The number of hydrogen-bond donors (Lipinski definition) is 2. The lowest BCUT2D eigenvalue weighted by atomic mass is 9.82. The fourth-order valence-corrected chi connectivity index (χ4v) is 4.45. The maximum atomic E-state index is 12.5. The summed E-state index contributed by atoms with van der Waals surface area (Å²) in [5.41, 5.74) is 5.30. The molecule has 1 aromatic rings. The van der Waals surface area contributed by atoms with E-state index < -0.39 is 5.54 Å².